The normalized spacial score (nSPS) is 10.5. The lowest BCUT2D eigenvalue weighted by atomic mass is 10.2. The number of thioether (sulfide) groups is 1. The minimum atomic E-state index is -0.191. The fourth-order valence-corrected chi connectivity index (χ4v) is 3.62. The third-order valence-electron chi connectivity index (χ3n) is 3.96. The van der Waals surface area contributed by atoms with Crippen molar-refractivity contribution in [3.05, 3.63) is 58.6 Å². The largest absolute Gasteiger partial charge is 0.335 e. The fourth-order valence-electron chi connectivity index (χ4n) is 2.58. The van der Waals surface area contributed by atoms with E-state index in [0.717, 1.165) is 5.56 Å². The number of halogens is 2. The maximum absolute atomic E-state index is 12.8. The van der Waals surface area contributed by atoms with E-state index in [4.69, 9.17) is 34.3 Å². The highest BCUT2D eigenvalue weighted by atomic mass is 35.5. The fraction of sp³-hybridized carbons (Fsp3) is 0.158. The highest BCUT2D eigenvalue weighted by Gasteiger charge is 2.19. The topological polar surface area (TPSA) is 101 Å². The number of hydrogen-bond donors (Lipinski definition) is 1. The molecule has 0 radical (unpaired) electrons. The van der Waals surface area contributed by atoms with E-state index in [1.54, 1.807) is 48.5 Å². The maximum Gasteiger partial charge on any atom is 0.237 e. The van der Waals surface area contributed by atoms with Crippen molar-refractivity contribution in [2.24, 2.45) is 0 Å². The van der Waals surface area contributed by atoms with Crippen LogP contribution in [-0.4, -0.2) is 33.1 Å². The molecule has 0 saturated heterocycles. The molecule has 0 aliphatic rings. The summed E-state index contributed by atoms with van der Waals surface area (Å²) in [6, 6.07) is 16.0. The quantitative estimate of drug-likeness (QED) is 0.434. The van der Waals surface area contributed by atoms with E-state index in [9.17, 15) is 4.79 Å². The molecule has 1 heterocycles. The van der Waals surface area contributed by atoms with Gasteiger partial charge in [0.2, 0.25) is 11.1 Å². The van der Waals surface area contributed by atoms with Crippen LogP contribution in [0.5, 0.6) is 0 Å². The van der Waals surface area contributed by atoms with Gasteiger partial charge >= 0.3 is 0 Å². The second-order valence-electron chi connectivity index (χ2n) is 5.91. The highest BCUT2D eigenvalue weighted by Crippen LogP contribution is 2.25. The first-order valence-corrected chi connectivity index (χ1v) is 10.3. The van der Waals surface area contributed by atoms with Gasteiger partial charge in [0.05, 0.1) is 18.2 Å². The van der Waals surface area contributed by atoms with Crippen LogP contribution in [0.25, 0.3) is 11.4 Å². The van der Waals surface area contributed by atoms with Crippen LogP contribution >= 0.6 is 35.0 Å². The zero-order valence-electron chi connectivity index (χ0n) is 15.1. The van der Waals surface area contributed by atoms with Gasteiger partial charge in [0, 0.05) is 27.8 Å². The number of nitriles is 1. The average molecular weight is 447 g/mol. The van der Waals surface area contributed by atoms with Gasteiger partial charge < -0.3 is 10.7 Å². The van der Waals surface area contributed by atoms with Gasteiger partial charge in [-0.3, -0.25) is 4.79 Å². The summed E-state index contributed by atoms with van der Waals surface area (Å²) in [4.78, 5) is 14.3. The third kappa shape index (κ3) is 5.21. The summed E-state index contributed by atoms with van der Waals surface area (Å²) in [5.41, 5.74) is 1.39. The molecule has 0 fully saturated rings. The minimum Gasteiger partial charge on any atom is -0.335 e. The van der Waals surface area contributed by atoms with E-state index in [2.05, 4.69) is 16.3 Å². The Morgan fingerprint density at radius 1 is 1.17 bits per heavy atom. The summed E-state index contributed by atoms with van der Waals surface area (Å²) < 4.78 is 1.33. The standard InChI is InChI=1S/C19H16Cl2N6OS/c20-14-7-5-13(6-8-14)18-24-25-19(27(18)23)29-12-17(28)26(10-2-9-22)16-4-1-3-15(21)11-16/h1,3-8,11H,2,10,12,23H2. The molecule has 0 spiro atoms. The molecule has 0 atom stereocenters. The average Bonchev–Trinajstić information content (AvgIpc) is 3.08. The van der Waals surface area contributed by atoms with Crippen LogP contribution in [-0.2, 0) is 4.79 Å². The predicted molar refractivity (Wildman–Crippen MR) is 115 cm³/mol. The van der Waals surface area contributed by atoms with Gasteiger partial charge in [-0.05, 0) is 42.5 Å². The zero-order valence-corrected chi connectivity index (χ0v) is 17.5. The zero-order chi connectivity index (χ0) is 20.8. The number of nitrogens with zero attached hydrogens (tertiary/aromatic N) is 5. The lowest BCUT2D eigenvalue weighted by Gasteiger charge is -2.21. The lowest BCUT2D eigenvalue weighted by molar-refractivity contribution is -0.116. The van der Waals surface area contributed by atoms with Crippen molar-refractivity contribution in [3.8, 4) is 17.5 Å². The van der Waals surface area contributed by atoms with Crippen LogP contribution in [0.4, 0.5) is 5.69 Å². The summed E-state index contributed by atoms with van der Waals surface area (Å²) in [6.45, 7) is 0.265. The van der Waals surface area contributed by atoms with Gasteiger partial charge in [-0.2, -0.15) is 5.26 Å². The van der Waals surface area contributed by atoms with Crippen molar-refractivity contribution >= 4 is 46.6 Å². The Morgan fingerprint density at radius 2 is 1.93 bits per heavy atom. The molecule has 0 unspecified atom stereocenters. The molecule has 10 heteroatoms. The van der Waals surface area contributed by atoms with Crippen LogP contribution in [0.1, 0.15) is 6.42 Å². The van der Waals surface area contributed by atoms with Gasteiger partial charge in [0.15, 0.2) is 5.82 Å². The van der Waals surface area contributed by atoms with Crippen LogP contribution in [0.15, 0.2) is 53.7 Å². The smallest absolute Gasteiger partial charge is 0.237 e. The Kier molecular flexibility index (Phi) is 6.99. The molecule has 1 amide bonds. The number of carbonyl (C=O) groups excluding carboxylic acids is 1. The van der Waals surface area contributed by atoms with Crippen molar-refractivity contribution in [3.63, 3.8) is 0 Å². The van der Waals surface area contributed by atoms with E-state index >= 15 is 0 Å². The molecule has 7 nitrogen and oxygen atoms in total. The van der Waals surface area contributed by atoms with Gasteiger partial charge in [0.1, 0.15) is 0 Å². The number of anilines is 1. The van der Waals surface area contributed by atoms with Crippen molar-refractivity contribution in [2.75, 3.05) is 23.0 Å². The molecular formula is C19H16Cl2N6OS. The molecule has 3 aromatic rings. The monoisotopic (exact) mass is 446 g/mol. The maximum atomic E-state index is 12.8. The number of benzene rings is 2. The van der Waals surface area contributed by atoms with E-state index < -0.39 is 0 Å². The second-order valence-corrected chi connectivity index (χ2v) is 7.72. The number of nitrogens with two attached hydrogens (primary N) is 1. The molecule has 0 aliphatic carbocycles. The lowest BCUT2D eigenvalue weighted by Crippen LogP contribution is -2.33. The van der Waals surface area contributed by atoms with Crippen LogP contribution in [0, 0.1) is 11.3 Å². The molecule has 0 saturated carbocycles. The van der Waals surface area contributed by atoms with Crippen molar-refractivity contribution in [2.45, 2.75) is 11.6 Å². The number of nitrogen functional groups attached to an aromatic ring is 1. The van der Waals surface area contributed by atoms with Crippen molar-refractivity contribution in [1.29, 1.82) is 5.26 Å². The summed E-state index contributed by atoms with van der Waals surface area (Å²) in [5.74, 6) is 6.45. The summed E-state index contributed by atoms with van der Waals surface area (Å²) in [5, 5.41) is 18.6. The van der Waals surface area contributed by atoms with E-state index in [1.165, 1.54) is 21.3 Å². The second kappa shape index (κ2) is 9.65. The number of amides is 1. The van der Waals surface area contributed by atoms with Gasteiger partial charge in [-0.1, -0.05) is 41.0 Å². The number of carbonyl (C=O) groups is 1. The van der Waals surface area contributed by atoms with Gasteiger partial charge in [0.25, 0.3) is 0 Å². The van der Waals surface area contributed by atoms with Crippen LogP contribution < -0.4 is 10.7 Å². The molecule has 2 aromatic carbocycles. The third-order valence-corrected chi connectivity index (χ3v) is 5.37. The summed E-state index contributed by atoms with van der Waals surface area (Å²) in [7, 11) is 0. The first kappa shape index (κ1) is 21.0. The first-order valence-electron chi connectivity index (χ1n) is 8.51. The van der Waals surface area contributed by atoms with E-state index in [1.807, 2.05) is 0 Å². The molecule has 1 aromatic heterocycles. The van der Waals surface area contributed by atoms with Crippen molar-refractivity contribution < 1.29 is 4.79 Å². The molecule has 2 N–H and O–H groups in total. The highest BCUT2D eigenvalue weighted by molar-refractivity contribution is 7.99. The van der Waals surface area contributed by atoms with Gasteiger partial charge in [-0.15, -0.1) is 10.2 Å². The van der Waals surface area contributed by atoms with Crippen LogP contribution in [0.2, 0.25) is 10.0 Å². The van der Waals surface area contributed by atoms with Crippen molar-refractivity contribution in [1.82, 2.24) is 14.9 Å². The molecule has 0 bridgehead atoms. The summed E-state index contributed by atoms with van der Waals surface area (Å²) >= 11 is 13.1. The number of aromatic nitrogens is 3. The van der Waals surface area contributed by atoms with E-state index in [-0.39, 0.29) is 24.6 Å². The number of hydrogen-bond acceptors (Lipinski definition) is 6. The predicted octanol–water partition coefficient (Wildman–Crippen LogP) is 4.00. The molecule has 29 heavy (non-hydrogen) atoms. The Labute approximate surface area is 182 Å². The molecule has 3 rings (SSSR count). The molecule has 148 valence electrons. The Bertz CT molecular complexity index is 1050. The van der Waals surface area contributed by atoms with E-state index in [0.29, 0.717) is 26.7 Å². The first-order chi connectivity index (χ1) is 14.0. The Balaban J connectivity index is 1.73. The SMILES string of the molecule is N#CCCN(C(=O)CSc1nnc(-c2ccc(Cl)cc2)n1N)c1cccc(Cl)c1. The minimum absolute atomic E-state index is 0.0773. The molecular weight excluding hydrogens is 431 g/mol. The Hall–Kier alpha value is -2.73. The number of rotatable bonds is 7. The van der Waals surface area contributed by atoms with Crippen LogP contribution in [0.3, 0.4) is 0 Å². The van der Waals surface area contributed by atoms with Gasteiger partial charge in [-0.25, -0.2) is 4.68 Å². The Morgan fingerprint density at radius 3 is 2.62 bits per heavy atom. The molecule has 0 aliphatic heterocycles. The summed E-state index contributed by atoms with van der Waals surface area (Å²) in [6.07, 6.45) is 0.205.